The van der Waals surface area contributed by atoms with Gasteiger partial charge in [0.1, 0.15) is 12.4 Å². The van der Waals surface area contributed by atoms with Crippen molar-refractivity contribution in [2.45, 2.75) is 64.9 Å². The minimum Gasteiger partial charge on any atom is -0.489 e. The monoisotopic (exact) mass is 387 g/mol. The molecule has 1 N–H and O–H groups in total. The Morgan fingerprint density at radius 1 is 1.36 bits per heavy atom. The lowest BCUT2D eigenvalue weighted by Crippen LogP contribution is -2.18. The first-order valence-corrected chi connectivity index (χ1v) is 10.1. The second kappa shape index (κ2) is 10.2. The number of hydrogen-bond acceptors (Lipinski definition) is 6. The fourth-order valence-electron chi connectivity index (χ4n) is 3.14. The number of amides is 1. The van der Waals surface area contributed by atoms with Crippen LogP contribution >= 0.6 is 0 Å². The smallest absolute Gasteiger partial charge is 0.226 e. The van der Waals surface area contributed by atoms with Crippen LogP contribution in [0.4, 0.5) is 5.69 Å². The SMILES string of the molecule is CCCc1noc(CCCC(=O)Nc2ccc(C)cc2OCC2CCCO2)n1. The maximum absolute atomic E-state index is 12.3. The highest BCUT2D eigenvalue weighted by atomic mass is 16.5. The molecule has 1 unspecified atom stereocenters. The number of carbonyl (C=O) groups excluding carboxylic acids is 1. The second-order valence-corrected chi connectivity index (χ2v) is 7.20. The van der Waals surface area contributed by atoms with Crippen molar-refractivity contribution in [2.75, 3.05) is 18.5 Å². The summed E-state index contributed by atoms with van der Waals surface area (Å²) in [6, 6.07) is 5.79. The number of hydrogen-bond donors (Lipinski definition) is 1. The topological polar surface area (TPSA) is 86.5 Å². The van der Waals surface area contributed by atoms with Gasteiger partial charge in [0, 0.05) is 25.9 Å². The minimum atomic E-state index is -0.0564. The maximum Gasteiger partial charge on any atom is 0.226 e. The Morgan fingerprint density at radius 3 is 3.04 bits per heavy atom. The highest BCUT2D eigenvalue weighted by Crippen LogP contribution is 2.27. The Labute approximate surface area is 165 Å². The van der Waals surface area contributed by atoms with Gasteiger partial charge >= 0.3 is 0 Å². The average Bonchev–Trinajstić information content (AvgIpc) is 3.34. The van der Waals surface area contributed by atoms with Crippen molar-refractivity contribution in [3.05, 3.63) is 35.5 Å². The van der Waals surface area contributed by atoms with E-state index in [1.54, 1.807) is 0 Å². The molecule has 1 aliphatic rings. The Kier molecular flexibility index (Phi) is 7.42. The van der Waals surface area contributed by atoms with Crippen LogP contribution in [0.3, 0.4) is 0 Å². The van der Waals surface area contributed by atoms with Gasteiger partial charge in [-0.1, -0.05) is 18.1 Å². The van der Waals surface area contributed by atoms with Crippen molar-refractivity contribution in [3.63, 3.8) is 0 Å². The predicted octanol–water partition coefficient (Wildman–Crippen LogP) is 3.85. The molecule has 0 radical (unpaired) electrons. The standard InChI is InChI=1S/C21H29N3O4/c1-3-6-19-23-21(28-24-19)9-4-8-20(25)22-17-11-10-15(2)13-18(17)27-14-16-7-5-12-26-16/h10-11,13,16H,3-9,12,14H2,1-2H3,(H,22,25). The lowest BCUT2D eigenvalue weighted by atomic mass is 10.2. The van der Waals surface area contributed by atoms with Gasteiger partial charge in [0.05, 0.1) is 11.8 Å². The van der Waals surface area contributed by atoms with Crippen molar-refractivity contribution in [1.29, 1.82) is 0 Å². The summed E-state index contributed by atoms with van der Waals surface area (Å²) in [5, 5.41) is 6.88. The van der Waals surface area contributed by atoms with E-state index in [4.69, 9.17) is 14.0 Å². The van der Waals surface area contributed by atoms with Gasteiger partial charge in [-0.3, -0.25) is 4.79 Å². The third-order valence-electron chi connectivity index (χ3n) is 4.64. The first kappa shape index (κ1) is 20.3. The molecule has 1 fully saturated rings. The molecule has 152 valence electrons. The first-order valence-electron chi connectivity index (χ1n) is 10.1. The molecule has 1 atom stereocenters. The summed E-state index contributed by atoms with van der Waals surface area (Å²) in [6.45, 7) is 5.38. The van der Waals surface area contributed by atoms with E-state index in [2.05, 4.69) is 22.4 Å². The number of rotatable bonds is 10. The summed E-state index contributed by atoms with van der Waals surface area (Å²) in [5.41, 5.74) is 1.77. The van der Waals surface area contributed by atoms with Crippen molar-refractivity contribution in [2.24, 2.45) is 0 Å². The zero-order valence-corrected chi connectivity index (χ0v) is 16.7. The zero-order chi connectivity index (χ0) is 19.8. The third-order valence-corrected chi connectivity index (χ3v) is 4.64. The Hall–Kier alpha value is -2.41. The summed E-state index contributed by atoms with van der Waals surface area (Å²) in [4.78, 5) is 16.7. The fraction of sp³-hybridized carbons (Fsp3) is 0.571. The van der Waals surface area contributed by atoms with E-state index < -0.39 is 0 Å². The van der Waals surface area contributed by atoms with Gasteiger partial charge in [-0.05, 0) is 50.3 Å². The summed E-state index contributed by atoms with van der Waals surface area (Å²) in [5.74, 6) is 1.95. The molecule has 1 aromatic heterocycles. The summed E-state index contributed by atoms with van der Waals surface area (Å²) in [6.07, 6.45) is 5.65. The number of nitrogens with zero attached hydrogens (tertiary/aromatic N) is 2. The van der Waals surface area contributed by atoms with Crippen LogP contribution in [-0.2, 0) is 22.4 Å². The number of carbonyl (C=O) groups is 1. The van der Waals surface area contributed by atoms with Crippen molar-refractivity contribution in [3.8, 4) is 5.75 Å². The number of nitrogens with one attached hydrogen (secondary N) is 1. The van der Waals surface area contributed by atoms with Crippen molar-refractivity contribution >= 4 is 11.6 Å². The molecule has 1 saturated heterocycles. The molecule has 0 spiro atoms. The number of ether oxygens (including phenoxy) is 2. The molecule has 7 heteroatoms. The van der Waals surface area contributed by atoms with E-state index in [9.17, 15) is 4.79 Å². The van der Waals surface area contributed by atoms with E-state index in [1.807, 2.05) is 25.1 Å². The molecular weight excluding hydrogens is 358 g/mol. The van der Waals surface area contributed by atoms with Gasteiger partial charge in [0.2, 0.25) is 11.8 Å². The Morgan fingerprint density at radius 2 is 2.25 bits per heavy atom. The average molecular weight is 387 g/mol. The summed E-state index contributed by atoms with van der Waals surface area (Å²) in [7, 11) is 0. The Balaban J connectivity index is 1.48. The zero-order valence-electron chi connectivity index (χ0n) is 16.7. The van der Waals surface area contributed by atoms with E-state index in [0.29, 0.717) is 43.2 Å². The van der Waals surface area contributed by atoms with Crippen LogP contribution in [0, 0.1) is 6.92 Å². The first-order chi connectivity index (χ1) is 13.6. The van der Waals surface area contributed by atoms with Crippen molar-refractivity contribution < 1.29 is 18.8 Å². The third kappa shape index (κ3) is 6.05. The van der Waals surface area contributed by atoms with Crippen LogP contribution in [0.5, 0.6) is 5.75 Å². The lowest BCUT2D eigenvalue weighted by Gasteiger charge is -2.16. The normalized spacial score (nSPS) is 16.3. The van der Waals surface area contributed by atoms with E-state index in [-0.39, 0.29) is 12.0 Å². The van der Waals surface area contributed by atoms with Gasteiger partial charge in [-0.15, -0.1) is 0 Å². The number of aromatic nitrogens is 2. The van der Waals surface area contributed by atoms with Crippen LogP contribution < -0.4 is 10.1 Å². The lowest BCUT2D eigenvalue weighted by molar-refractivity contribution is -0.116. The highest BCUT2D eigenvalue weighted by molar-refractivity contribution is 5.92. The molecule has 3 rings (SSSR count). The van der Waals surface area contributed by atoms with Gasteiger partial charge in [0.25, 0.3) is 0 Å². The van der Waals surface area contributed by atoms with Crippen LogP contribution in [-0.4, -0.2) is 35.4 Å². The van der Waals surface area contributed by atoms with Gasteiger partial charge in [0.15, 0.2) is 5.82 Å². The molecule has 0 saturated carbocycles. The molecule has 2 heterocycles. The van der Waals surface area contributed by atoms with Gasteiger partial charge in [-0.25, -0.2) is 0 Å². The minimum absolute atomic E-state index is 0.0564. The van der Waals surface area contributed by atoms with E-state index >= 15 is 0 Å². The van der Waals surface area contributed by atoms with Crippen LogP contribution in [0.15, 0.2) is 22.7 Å². The van der Waals surface area contributed by atoms with Gasteiger partial charge in [-0.2, -0.15) is 4.98 Å². The molecule has 1 aromatic carbocycles. The number of aryl methyl sites for hydroxylation is 3. The van der Waals surface area contributed by atoms with E-state index in [1.165, 1.54) is 0 Å². The van der Waals surface area contributed by atoms with Crippen molar-refractivity contribution in [1.82, 2.24) is 10.1 Å². The largest absolute Gasteiger partial charge is 0.489 e. The molecule has 1 aliphatic heterocycles. The molecule has 2 aromatic rings. The second-order valence-electron chi connectivity index (χ2n) is 7.20. The van der Waals surface area contributed by atoms with Gasteiger partial charge < -0.3 is 19.3 Å². The quantitative estimate of drug-likeness (QED) is 0.666. The maximum atomic E-state index is 12.3. The van der Waals surface area contributed by atoms with Crippen LogP contribution in [0.25, 0.3) is 0 Å². The molecule has 7 nitrogen and oxygen atoms in total. The molecule has 0 aliphatic carbocycles. The highest BCUT2D eigenvalue weighted by Gasteiger charge is 2.17. The molecule has 1 amide bonds. The summed E-state index contributed by atoms with van der Waals surface area (Å²) < 4.78 is 16.7. The molecular formula is C21H29N3O4. The number of benzene rings is 1. The predicted molar refractivity (Wildman–Crippen MR) is 106 cm³/mol. The molecule has 28 heavy (non-hydrogen) atoms. The van der Waals surface area contributed by atoms with E-state index in [0.717, 1.165) is 43.7 Å². The van der Waals surface area contributed by atoms with Crippen LogP contribution in [0.1, 0.15) is 56.3 Å². The number of anilines is 1. The fourth-order valence-corrected chi connectivity index (χ4v) is 3.14. The Bertz CT molecular complexity index is 769. The van der Waals surface area contributed by atoms with Crippen LogP contribution in [0.2, 0.25) is 0 Å². The summed E-state index contributed by atoms with van der Waals surface area (Å²) >= 11 is 0. The molecule has 0 bridgehead atoms.